The van der Waals surface area contributed by atoms with Crippen LogP contribution >= 0.6 is 0 Å². The molecule has 1 atom stereocenters. The molecule has 1 aliphatic rings. The molecule has 1 saturated heterocycles. The molecule has 0 aromatic heterocycles. The van der Waals surface area contributed by atoms with Crippen LogP contribution < -0.4 is 5.32 Å². The summed E-state index contributed by atoms with van der Waals surface area (Å²) in [7, 11) is 0. The molecule has 0 bridgehead atoms. The number of benzene rings is 1. The number of carbonyl (C=O) groups is 5. The predicted octanol–water partition coefficient (Wildman–Crippen LogP) is 2.03. The summed E-state index contributed by atoms with van der Waals surface area (Å²) >= 11 is 0. The van der Waals surface area contributed by atoms with Crippen LogP contribution in [0.15, 0.2) is 30.3 Å². The van der Waals surface area contributed by atoms with E-state index in [-0.39, 0.29) is 26.2 Å². The maximum atomic E-state index is 13.2. The number of amides is 3. The van der Waals surface area contributed by atoms with Gasteiger partial charge in [0.15, 0.2) is 0 Å². The largest absolute Gasteiger partial charge is 0.460 e. The second-order valence-corrected chi connectivity index (χ2v) is 10.7. The molecule has 1 aromatic rings. The molecule has 1 fully saturated rings. The Kier molecular flexibility index (Phi) is 10.0. The Hall–Kier alpha value is -3.63. The van der Waals surface area contributed by atoms with Gasteiger partial charge in [0, 0.05) is 13.1 Å². The average Bonchev–Trinajstić information content (AvgIpc) is 2.77. The third-order valence-electron chi connectivity index (χ3n) is 5.02. The van der Waals surface area contributed by atoms with Gasteiger partial charge < -0.3 is 29.3 Å². The summed E-state index contributed by atoms with van der Waals surface area (Å²) < 4.78 is 15.8. The van der Waals surface area contributed by atoms with Crippen molar-refractivity contribution in [1.82, 2.24) is 15.1 Å². The molecule has 0 unspecified atom stereocenters. The Morgan fingerprint density at radius 1 is 0.919 bits per heavy atom. The number of nitrogens with one attached hydrogen (secondary N) is 1. The maximum Gasteiger partial charge on any atom is 0.407 e. The zero-order valence-corrected chi connectivity index (χ0v) is 22.4. The SMILES string of the molecule is CC(C)(C)OC(=O)C[C@H]1C(=O)N(CC(=O)OC(C)(C)C)CCN1C(=O)CNC(=O)OCc1ccccc1. The number of carbonyl (C=O) groups excluding carboxylic acids is 5. The first-order chi connectivity index (χ1) is 17.1. The number of nitrogens with zero attached hydrogens (tertiary/aromatic N) is 2. The first-order valence-corrected chi connectivity index (χ1v) is 12.1. The summed E-state index contributed by atoms with van der Waals surface area (Å²) in [5.74, 6) is -2.42. The standard InChI is InChI=1S/C26H37N3O8/c1-25(2,3)36-21(31)14-19-23(33)28(16-22(32)37-26(4,5)6)12-13-29(19)20(30)15-27-24(34)35-17-18-10-8-7-9-11-18/h7-11,19H,12-17H2,1-6H3,(H,27,34)/t19-/m0/s1. The summed E-state index contributed by atoms with van der Waals surface area (Å²) in [6, 6.07) is 7.85. The van der Waals surface area contributed by atoms with Crippen molar-refractivity contribution in [3.8, 4) is 0 Å². The van der Waals surface area contributed by atoms with Crippen molar-refractivity contribution < 1.29 is 38.2 Å². The van der Waals surface area contributed by atoms with E-state index in [0.717, 1.165) is 5.56 Å². The van der Waals surface area contributed by atoms with Crippen molar-refractivity contribution in [3.63, 3.8) is 0 Å². The second kappa shape index (κ2) is 12.6. The molecule has 11 nitrogen and oxygen atoms in total. The van der Waals surface area contributed by atoms with Crippen molar-refractivity contribution >= 4 is 29.8 Å². The number of hydrogen-bond acceptors (Lipinski definition) is 8. The van der Waals surface area contributed by atoms with E-state index < -0.39 is 60.1 Å². The molecule has 204 valence electrons. The Bertz CT molecular complexity index is 982. The molecule has 11 heteroatoms. The molecular weight excluding hydrogens is 482 g/mol. The monoisotopic (exact) mass is 519 g/mol. The van der Waals surface area contributed by atoms with Crippen molar-refractivity contribution in [2.24, 2.45) is 0 Å². The summed E-state index contributed by atoms with van der Waals surface area (Å²) in [6.07, 6.45) is -1.19. The molecule has 3 amide bonds. The third-order valence-corrected chi connectivity index (χ3v) is 5.02. The van der Waals surface area contributed by atoms with Crippen LogP contribution in [0.25, 0.3) is 0 Å². The summed E-state index contributed by atoms with van der Waals surface area (Å²) in [6.45, 7) is 9.62. The lowest BCUT2D eigenvalue weighted by Crippen LogP contribution is -2.61. The van der Waals surface area contributed by atoms with E-state index >= 15 is 0 Å². The fourth-order valence-corrected chi connectivity index (χ4v) is 3.59. The maximum absolute atomic E-state index is 13.2. The molecule has 1 N–H and O–H groups in total. The quantitative estimate of drug-likeness (QED) is 0.408. The number of alkyl carbamates (subject to hydrolysis) is 1. The van der Waals surface area contributed by atoms with Gasteiger partial charge in [-0.05, 0) is 47.1 Å². The highest BCUT2D eigenvalue weighted by Crippen LogP contribution is 2.19. The zero-order valence-electron chi connectivity index (χ0n) is 22.4. The lowest BCUT2D eigenvalue weighted by atomic mass is 10.1. The zero-order chi connectivity index (χ0) is 27.8. The lowest BCUT2D eigenvalue weighted by molar-refractivity contribution is -0.166. The fourth-order valence-electron chi connectivity index (χ4n) is 3.59. The van der Waals surface area contributed by atoms with Crippen molar-refractivity contribution in [2.75, 3.05) is 26.2 Å². The molecule has 1 heterocycles. The summed E-state index contributed by atoms with van der Waals surface area (Å²) in [4.78, 5) is 65.6. The minimum Gasteiger partial charge on any atom is -0.460 e. The van der Waals surface area contributed by atoms with Crippen LogP contribution in [0.3, 0.4) is 0 Å². The number of piperazine rings is 1. The normalized spacial score (nSPS) is 16.2. The minimum atomic E-state index is -1.19. The van der Waals surface area contributed by atoms with Crippen molar-refractivity contribution in [2.45, 2.75) is 71.8 Å². The van der Waals surface area contributed by atoms with Crippen LogP contribution in [-0.2, 0) is 40.0 Å². The molecule has 37 heavy (non-hydrogen) atoms. The van der Waals surface area contributed by atoms with Gasteiger partial charge in [-0.1, -0.05) is 30.3 Å². The van der Waals surface area contributed by atoms with E-state index in [2.05, 4.69) is 5.32 Å². The molecule has 0 aliphatic carbocycles. The van der Waals surface area contributed by atoms with Crippen molar-refractivity contribution in [1.29, 1.82) is 0 Å². The van der Waals surface area contributed by atoms with Gasteiger partial charge in [0.25, 0.3) is 0 Å². The van der Waals surface area contributed by atoms with Gasteiger partial charge in [-0.3, -0.25) is 19.2 Å². The van der Waals surface area contributed by atoms with Crippen molar-refractivity contribution in [3.05, 3.63) is 35.9 Å². The smallest absolute Gasteiger partial charge is 0.407 e. The Balaban J connectivity index is 2.04. The van der Waals surface area contributed by atoms with E-state index in [1.54, 1.807) is 53.7 Å². The highest BCUT2D eigenvalue weighted by Gasteiger charge is 2.40. The van der Waals surface area contributed by atoms with Crippen LogP contribution in [0, 0.1) is 0 Å². The number of esters is 2. The average molecular weight is 520 g/mol. The van der Waals surface area contributed by atoms with Crippen LogP contribution in [0.4, 0.5) is 4.79 Å². The first-order valence-electron chi connectivity index (χ1n) is 12.1. The van der Waals surface area contributed by atoms with Gasteiger partial charge >= 0.3 is 18.0 Å². The Morgan fingerprint density at radius 2 is 1.51 bits per heavy atom. The fraction of sp³-hybridized carbons (Fsp3) is 0.577. The summed E-state index contributed by atoms with van der Waals surface area (Å²) in [5.41, 5.74) is -0.730. The topological polar surface area (TPSA) is 132 Å². The van der Waals surface area contributed by atoms with Gasteiger partial charge in [0.05, 0.1) is 6.42 Å². The molecule has 1 aromatic carbocycles. The van der Waals surface area contributed by atoms with E-state index in [1.807, 2.05) is 18.2 Å². The Morgan fingerprint density at radius 3 is 2.11 bits per heavy atom. The van der Waals surface area contributed by atoms with Crippen LogP contribution in [0.2, 0.25) is 0 Å². The molecule has 0 radical (unpaired) electrons. The van der Waals surface area contributed by atoms with Gasteiger partial charge in [0.1, 0.15) is 36.9 Å². The van der Waals surface area contributed by atoms with Crippen LogP contribution in [0.1, 0.15) is 53.5 Å². The minimum absolute atomic E-state index is 0.0317. The lowest BCUT2D eigenvalue weighted by Gasteiger charge is -2.40. The van der Waals surface area contributed by atoms with Crippen LogP contribution in [0.5, 0.6) is 0 Å². The predicted molar refractivity (Wildman–Crippen MR) is 133 cm³/mol. The first kappa shape index (κ1) is 29.6. The molecule has 1 aliphatic heterocycles. The number of ether oxygens (including phenoxy) is 3. The van der Waals surface area contributed by atoms with Crippen LogP contribution in [-0.4, -0.2) is 83.1 Å². The highest BCUT2D eigenvalue weighted by atomic mass is 16.6. The van der Waals surface area contributed by atoms with Gasteiger partial charge in [0.2, 0.25) is 11.8 Å². The van der Waals surface area contributed by atoms with E-state index in [9.17, 15) is 24.0 Å². The molecule has 0 spiro atoms. The van der Waals surface area contributed by atoms with Gasteiger partial charge in [-0.15, -0.1) is 0 Å². The Labute approximate surface area is 217 Å². The molecule has 0 saturated carbocycles. The molecule has 2 rings (SSSR count). The van der Waals surface area contributed by atoms with Gasteiger partial charge in [-0.2, -0.15) is 0 Å². The summed E-state index contributed by atoms with van der Waals surface area (Å²) in [5, 5.41) is 2.38. The van der Waals surface area contributed by atoms with Gasteiger partial charge in [-0.25, -0.2) is 4.79 Å². The highest BCUT2D eigenvalue weighted by molar-refractivity contribution is 5.94. The van der Waals surface area contributed by atoms with E-state index in [4.69, 9.17) is 14.2 Å². The number of rotatable bonds is 8. The van der Waals surface area contributed by atoms with E-state index in [1.165, 1.54) is 9.80 Å². The third kappa shape index (κ3) is 10.5. The molecular formula is C26H37N3O8. The van der Waals surface area contributed by atoms with E-state index in [0.29, 0.717) is 0 Å². The second-order valence-electron chi connectivity index (χ2n) is 10.7. The number of hydrogen-bond donors (Lipinski definition) is 1.